The van der Waals surface area contributed by atoms with Crippen molar-refractivity contribution >= 4 is 18.4 Å². The monoisotopic (exact) mass is 414 g/mol. The number of rotatable bonds is 13. The molecule has 0 radical (unpaired) electrons. The van der Waals surface area contributed by atoms with Crippen molar-refractivity contribution in [3.05, 3.63) is 9.86 Å². The molecule has 0 aromatic carbocycles. The van der Waals surface area contributed by atoms with Crippen LogP contribution >= 0.6 is 0 Å². The number of ether oxygens (including phenoxy) is 2. The van der Waals surface area contributed by atoms with Crippen molar-refractivity contribution in [3.8, 4) is 0 Å². The molecule has 5 heteroatoms. The standard InChI is InChI=1S/C4H5F2O2.3C4H9.Sn/c1-7-3-8-2-4(5)6;3*1-3-4-2;/h3H2,1H3;3*1,3-4H2,2H3;. The number of methoxy groups -OCH3 is 1. The molecule has 0 aliphatic carbocycles. The fourth-order valence-electron chi connectivity index (χ4n) is 2.79. The van der Waals surface area contributed by atoms with Gasteiger partial charge in [0.25, 0.3) is 0 Å². The first kappa shape index (κ1) is 21.2. The molecular formula is C16H32F2O2Sn. The third-order valence-electron chi connectivity index (χ3n) is 4.00. The Bertz CT molecular complexity index is 270. The Labute approximate surface area is 133 Å². The number of halogens is 2. The van der Waals surface area contributed by atoms with Gasteiger partial charge in [-0.25, -0.2) is 0 Å². The number of hydrogen-bond donors (Lipinski definition) is 0. The van der Waals surface area contributed by atoms with Gasteiger partial charge in [0.05, 0.1) is 0 Å². The SMILES string of the molecule is CCC[CH2][Sn]([CH2]CCC)([CH2]CCC)[C](OCOC)=C(F)F. The van der Waals surface area contributed by atoms with Crippen LogP contribution in [0.5, 0.6) is 0 Å². The molecule has 0 bridgehead atoms. The van der Waals surface area contributed by atoms with E-state index in [0.717, 1.165) is 51.8 Å². The van der Waals surface area contributed by atoms with Crippen LogP contribution in [0.3, 0.4) is 0 Å². The van der Waals surface area contributed by atoms with Gasteiger partial charge in [0.2, 0.25) is 0 Å². The summed E-state index contributed by atoms with van der Waals surface area (Å²) in [5, 5.41) is 0. The van der Waals surface area contributed by atoms with E-state index < -0.39 is 24.5 Å². The average Bonchev–Trinajstić information content (AvgIpc) is 2.48. The second kappa shape index (κ2) is 12.7. The first-order chi connectivity index (χ1) is 10.1. The zero-order valence-corrected chi connectivity index (χ0v) is 17.0. The van der Waals surface area contributed by atoms with Crippen molar-refractivity contribution in [2.45, 2.75) is 72.6 Å². The van der Waals surface area contributed by atoms with Gasteiger partial charge < -0.3 is 0 Å². The van der Waals surface area contributed by atoms with Crippen molar-refractivity contribution in [2.75, 3.05) is 13.9 Å². The van der Waals surface area contributed by atoms with Gasteiger partial charge in [-0.3, -0.25) is 0 Å². The van der Waals surface area contributed by atoms with E-state index in [1.54, 1.807) is 0 Å². The van der Waals surface area contributed by atoms with E-state index in [4.69, 9.17) is 9.47 Å². The molecule has 0 aromatic heterocycles. The molecule has 0 saturated heterocycles. The van der Waals surface area contributed by atoms with Crippen LogP contribution in [0.1, 0.15) is 59.3 Å². The van der Waals surface area contributed by atoms with Gasteiger partial charge in [0, 0.05) is 0 Å². The van der Waals surface area contributed by atoms with Crippen LogP contribution in [0.4, 0.5) is 8.78 Å². The third-order valence-corrected chi connectivity index (χ3v) is 18.9. The van der Waals surface area contributed by atoms with E-state index in [2.05, 4.69) is 20.8 Å². The second-order valence-corrected chi connectivity index (χ2v) is 18.6. The topological polar surface area (TPSA) is 18.5 Å². The molecule has 0 aliphatic heterocycles. The summed E-state index contributed by atoms with van der Waals surface area (Å²) in [4.78, 5) is 0. The molecule has 0 aliphatic rings. The molecule has 0 N–H and O–H groups in total. The summed E-state index contributed by atoms with van der Waals surface area (Å²) >= 11 is -3.15. The van der Waals surface area contributed by atoms with Crippen LogP contribution in [0.2, 0.25) is 13.3 Å². The van der Waals surface area contributed by atoms with E-state index in [1.807, 2.05) is 0 Å². The molecule has 0 aromatic rings. The molecule has 0 saturated carbocycles. The molecule has 2 nitrogen and oxygen atoms in total. The van der Waals surface area contributed by atoms with Crippen LogP contribution in [-0.2, 0) is 9.47 Å². The summed E-state index contributed by atoms with van der Waals surface area (Å²) in [5.74, 6) is 0. The molecule has 126 valence electrons. The van der Waals surface area contributed by atoms with Crippen LogP contribution in [0, 0.1) is 0 Å². The average molecular weight is 413 g/mol. The summed E-state index contributed by atoms with van der Waals surface area (Å²) in [7, 11) is 1.48. The van der Waals surface area contributed by atoms with Gasteiger partial charge in [0.15, 0.2) is 0 Å². The Morgan fingerprint density at radius 1 is 0.857 bits per heavy atom. The predicted octanol–water partition coefficient (Wildman–Crippen LogP) is 6.10. The van der Waals surface area contributed by atoms with Gasteiger partial charge in [-0.1, -0.05) is 0 Å². The summed E-state index contributed by atoms with van der Waals surface area (Å²) in [5.41, 5.74) is 0. The normalized spacial score (nSPS) is 11.5. The minimum atomic E-state index is -3.15. The van der Waals surface area contributed by atoms with E-state index >= 15 is 0 Å². The van der Waals surface area contributed by atoms with E-state index in [-0.39, 0.29) is 10.6 Å². The van der Waals surface area contributed by atoms with Gasteiger partial charge in [-0.15, -0.1) is 0 Å². The zero-order valence-electron chi connectivity index (χ0n) is 14.1. The Kier molecular flexibility index (Phi) is 12.8. The summed E-state index contributed by atoms with van der Waals surface area (Å²) < 4.78 is 40.4. The summed E-state index contributed by atoms with van der Waals surface area (Å²) in [6.07, 6.45) is 4.70. The Hall–Kier alpha value is 0.159. The second-order valence-electron chi connectivity index (χ2n) is 5.73. The van der Waals surface area contributed by atoms with Crippen molar-refractivity contribution in [1.29, 1.82) is 0 Å². The first-order valence-corrected chi connectivity index (χ1v) is 15.7. The summed E-state index contributed by atoms with van der Waals surface area (Å²) in [6, 6.07) is 0. The maximum absolute atomic E-state index is 13.6. The zero-order chi connectivity index (χ0) is 16.1. The molecule has 0 unspecified atom stereocenters. The first-order valence-electron chi connectivity index (χ1n) is 8.25. The Balaban J connectivity index is 5.36. The number of hydrogen-bond acceptors (Lipinski definition) is 2. The van der Waals surface area contributed by atoms with Crippen LogP contribution < -0.4 is 0 Å². The molecule has 0 rings (SSSR count). The Morgan fingerprint density at radius 3 is 1.57 bits per heavy atom. The molecular weight excluding hydrogens is 381 g/mol. The Morgan fingerprint density at radius 2 is 1.29 bits per heavy atom. The van der Waals surface area contributed by atoms with E-state index in [9.17, 15) is 8.78 Å². The van der Waals surface area contributed by atoms with Gasteiger partial charge in [-0.05, 0) is 0 Å². The number of unbranched alkanes of at least 4 members (excludes halogenated alkanes) is 3. The molecule has 0 atom stereocenters. The molecule has 0 heterocycles. The van der Waals surface area contributed by atoms with Crippen molar-refractivity contribution in [3.63, 3.8) is 0 Å². The van der Waals surface area contributed by atoms with Gasteiger partial charge in [0.1, 0.15) is 0 Å². The third kappa shape index (κ3) is 7.82. The van der Waals surface area contributed by atoms with Crippen molar-refractivity contribution in [2.24, 2.45) is 0 Å². The fraction of sp³-hybridized carbons (Fsp3) is 0.875. The minimum absolute atomic E-state index is 0.0598. The van der Waals surface area contributed by atoms with Crippen LogP contribution in [0.25, 0.3) is 0 Å². The van der Waals surface area contributed by atoms with Crippen LogP contribution in [0.15, 0.2) is 9.86 Å². The molecule has 0 fully saturated rings. The van der Waals surface area contributed by atoms with E-state index in [1.165, 1.54) is 7.11 Å². The molecule has 21 heavy (non-hydrogen) atoms. The molecule has 0 amide bonds. The van der Waals surface area contributed by atoms with Crippen LogP contribution in [-0.4, -0.2) is 32.3 Å². The van der Waals surface area contributed by atoms with Crippen molar-refractivity contribution < 1.29 is 18.3 Å². The van der Waals surface area contributed by atoms with E-state index in [0.29, 0.717) is 0 Å². The predicted molar refractivity (Wildman–Crippen MR) is 87.1 cm³/mol. The summed E-state index contributed by atoms with van der Waals surface area (Å²) in [6.45, 7) is 6.32. The van der Waals surface area contributed by atoms with Gasteiger partial charge >= 0.3 is 133 Å². The maximum atomic E-state index is 13.6. The van der Waals surface area contributed by atoms with Gasteiger partial charge in [-0.2, -0.15) is 0 Å². The quantitative estimate of drug-likeness (QED) is 0.206. The van der Waals surface area contributed by atoms with Crippen molar-refractivity contribution in [1.82, 2.24) is 0 Å². The fourth-order valence-corrected chi connectivity index (χ4v) is 17.9. The molecule has 0 spiro atoms.